The Kier molecular flexibility index (Phi) is 8.25. The third-order valence-corrected chi connectivity index (χ3v) is 4.52. The molecule has 2 atom stereocenters. The molecule has 0 heterocycles. The van der Waals surface area contributed by atoms with Crippen LogP contribution in [0.15, 0.2) is 55.3 Å². The van der Waals surface area contributed by atoms with Crippen LogP contribution in [0.5, 0.6) is 0 Å². The van der Waals surface area contributed by atoms with Gasteiger partial charge in [-0.15, -0.1) is 13.2 Å². The first-order valence-electron chi connectivity index (χ1n) is 9.07. The molecule has 0 spiro atoms. The summed E-state index contributed by atoms with van der Waals surface area (Å²) in [5.74, 6) is -0.330. The maximum absolute atomic E-state index is 14.9. The van der Waals surface area contributed by atoms with Crippen molar-refractivity contribution in [2.24, 2.45) is 5.73 Å². The first-order valence-corrected chi connectivity index (χ1v) is 9.07. The summed E-state index contributed by atoms with van der Waals surface area (Å²) in [6, 6.07) is 5.19. The molecular formula is C22H33FN2O. The first-order chi connectivity index (χ1) is 12.2. The maximum atomic E-state index is 14.9. The van der Waals surface area contributed by atoms with Gasteiger partial charge in [0.15, 0.2) is 0 Å². The molecule has 0 amide bonds. The van der Waals surface area contributed by atoms with Crippen LogP contribution in [0.25, 0.3) is 0 Å². The van der Waals surface area contributed by atoms with Crippen molar-refractivity contribution in [2.45, 2.75) is 58.8 Å². The molecule has 4 heteroatoms. The van der Waals surface area contributed by atoms with E-state index < -0.39 is 6.10 Å². The summed E-state index contributed by atoms with van der Waals surface area (Å²) in [7, 11) is 0. The van der Waals surface area contributed by atoms with Gasteiger partial charge in [-0.1, -0.05) is 30.7 Å². The van der Waals surface area contributed by atoms with Crippen LogP contribution < -0.4 is 10.6 Å². The Balaban J connectivity index is 3.30. The van der Waals surface area contributed by atoms with E-state index in [4.69, 9.17) is 10.5 Å². The van der Waals surface area contributed by atoms with Crippen molar-refractivity contribution in [2.75, 3.05) is 11.4 Å². The Bertz CT molecular complexity index is 652. The van der Waals surface area contributed by atoms with Crippen molar-refractivity contribution in [3.8, 4) is 0 Å². The fourth-order valence-corrected chi connectivity index (χ4v) is 2.44. The van der Waals surface area contributed by atoms with Gasteiger partial charge in [0.25, 0.3) is 0 Å². The lowest BCUT2D eigenvalue weighted by Gasteiger charge is -2.36. The van der Waals surface area contributed by atoms with Gasteiger partial charge in [-0.25, -0.2) is 4.39 Å². The van der Waals surface area contributed by atoms with Gasteiger partial charge in [0.2, 0.25) is 0 Å². The molecule has 0 aliphatic rings. The van der Waals surface area contributed by atoms with Crippen LogP contribution in [0, 0.1) is 5.82 Å². The Morgan fingerprint density at radius 2 is 2.04 bits per heavy atom. The maximum Gasteiger partial charge on any atom is 0.131 e. The van der Waals surface area contributed by atoms with Crippen LogP contribution in [-0.4, -0.2) is 18.2 Å². The molecule has 0 aromatic heterocycles. The second-order valence-corrected chi connectivity index (χ2v) is 7.10. The number of hydrogen-bond donors (Lipinski definition) is 1. The van der Waals surface area contributed by atoms with E-state index in [0.29, 0.717) is 12.1 Å². The fourth-order valence-electron chi connectivity index (χ4n) is 2.44. The van der Waals surface area contributed by atoms with Gasteiger partial charge in [-0.05, 0) is 46.2 Å². The van der Waals surface area contributed by atoms with E-state index in [1.54, 1.807) is 12.1 Å². The number of rotatable bonds is 10. The van der Waals surface area contributed by atoms with E-state index in [1.807, 2.05) is 44.0 Å². The SMILES string of the molecule is C=CC(OC(C)CN)c1ccc(N(/C=C(/C)CC)C(C)(C)C=C)cc1F. The summed E-state index contributed by atoms with van der Waals surface area (Å²) >= 11 is 0. The highest BCUT2D eigenvalue weighted by Gasteiger charge is 2.24. The second kappa shape index (κ2) is 9.70. The summed E-state index contributed by atoms with van der Waals surface area (Å²) in [6.45, 7) is 18.2. The molecule has 1 aromatic carbocycles. The molecule has 0 aliphatic carbocycles. The third-order valence-electron chi connectivity index (χ3n) is 4.52. The van der Waals surface area contributed by atoms with Gasteiger partial charge in [-0.2, -0.15) is 0 Å². The van der Waals surface area contributed by atoms with E-state index in [1.165, 1.54) is 11.6 Å². The minimum Gasteiger partial charge on any atom is -0.365 e. The predicted molar refractivity (Wildman–Crippen MR) is 110 cm³/mol. The highest BCUT2D eigenvalue weighted by molar-refractivity contribution is 5.55. The standard InChI is InChI=1S/C22H33FN2O/c1-8-16(4)15-25(22(6,7)10-3)18-11-12-19(20(23)13-18)21(9-2)26-17(5)14-24/h9-13,15,17,21H,2-3,8,14,24H2,1,4-7H3/b16-15-. The van der Waals surface area contributed by atoms with Crippen molar-refractivity contribution < 1.29 is 9.13 Å². The molecule has 0 radical (unpaired) electrons. The van der Waals surface area contributed by atoms with Crippen LogP contribution in [0.1, 0.15) is 52.7 Å². The lowest BCUT2D eigenvalue weighted by Crippen LogP contribution is -2.38. The molecule has 26 heavy (non-hydrogen) atoms. The summed E-state index contributed by atoms with van der Waals surface area (Å²) in [5, 5.41) is 0. The average Bonchev–Trinajstić information content (AvgIpc) is 2.63. The molecule has 3 nitrogen and oxygen atoms in total. The van der Waals surface area contributed by atoms with E-state index in [-0.39, 0.29) is 17.5 Å². The molecule has 0 saturated carbocycles. The second-order valence-electron chi connectivity index (χ2n) is 7.10. The summed E-state index contributed by atoms with van der Waals surface area (Å²) < 4.78 is 20.6. The minimum atomic E-state index is -0.531. The molecule has 0 bridgehead atoms. The molecule has 0 saturated heterocycles. The number of nitrogens with two attached hydrogens (primary N) is 1. The Labute approximate surface area is 158 Å². The zero-order valence-corrected chi connectivity index (χ0v) is 16.8. The van der Waals surface area contributed by atoms with Gasteiger partial charge in [0.05, 0.1) is 11.6 Å². The molecule has 2 unspecified atom stereocenters. The van der Waals surface area contributed by atoms with Crippen LogP contribution in [0.3, 0.4) is 0 Å². The smallest absolute Gasteiger partial charge is 0.131 e. The molecule has 0 aliphatic heterocycles. The highest BCUT2D eigenvalue weighted by atomic mass is 19.1. The van der Waals surface area contributed by atoms with E-state index in [9.17, 15) is 4.39 Å². The lowest BCUT2D eigenvalue weighted by molar-refractivity contribution is 0.0273. The molecule has 0 fully saturated rings. The highest BCUT2D eigenvalue weighted by Crippen LogP contribution is 2.31. The molecule has 1 rings (SSSR count). The molecule has 144 valence electrons. The van der Waals surface area contributed by atoms with E-state index in [2.05, 4.69) is 27.0 Å². The molecule has 1 aromatic rings. The van der Waals surface area contributed by atoms with Gasteiger partial charge < -0.3 is 15.4 Å². The quantitative estimate of drug-likeness (QED) is 0.560. The normalized spacial score (nSPS) is 14.7. The number of ether oxygens (including phenoxy) is 1. The number of hydrogen-bond acceptors (Lipinski definition) is 3. The van der Waals surface area contributed by atoms with Crippen LogP contribution in [0.4, 0.5) is 10.1 Å². The zero-order valence-electron chi connectivity index (χ0n) is 16.8. The van der Waals surface area contributed by atoms with E-state index in [0.717, 1.165) is 12.1 Å². The van der Waals surface area contributed by atoms with Crippen molar-refractivity contribution in [3.63, 3.8) is 0 Å². The number of benzene rings is 1. The average molecular weight is 361 g/mol. The van der Waals surface area contributed by atoms with Crippen LogP contribution in [-0.2, 0) is 4.74 Å². The largest absolute Gasteiger partial charge is 0.365 e. The zero-order chi connectivity index (χ0) is 19.9. The Morgan fingerprint density at radius 1 is 1.38 bits per heavy atom. The lowest BCUT2D eigenvalue weighted by atomic mass is 10.0. The Morgan fingerprint density at radius 3 is 2.50 bits per heavy atom. The minimum absolute atomic E-state index is 0.177. The van der Waals surface area contributed by atoms with Crippen molar-refractivity contribution >= 4 is 5.69 Å². The van der Waals surface area contributed by atoms with Crippen molar-refractivity contribution in [3.05, 3.63) is 66.7 Å². The van der Waals surface area contributed by atoms with Gasteiger partial charge in [0, 0.05) is 24.0 Å². The van der Waals surface area contributed by atoms with Gasteiger partial charge in [-0.3, -0.25) is 0 Å². The first kappa shape index (κ1) is 22.1. The van der Waals surface area contributed by atoms with Crippen LogP contribution >= 0.6 is 0 Å². The molecule has 2 N–H and O–H groups in total. The van der Waals surface area contributed by atoms with Crippen molar-refractivity contribution in [1.29, 1.82) is 0 Å². The predicted octanol–water partition coefficient (Wildman–Crippen LogP) is 5.50. The van der Waals surface area contributed by atoms with Crippen LogP contribution in [0.2, 0.25) is 0 Å². The van der Waals surface area contributed by atoms with Gasteiger partial charge >= 0.3 is 0 Å². The number of anilines is 1. The number of allylic oxidation sites excluding steroid dienone is 1. The third kappa shape index (κ3) is 5.55. The molecular weight excluding hydrogens is 327 g/mol. The Hall–Kier alpha value is -1.91. The number of halogens is 1. The van der Waals surface area contributed by atoms with Gasteiger partial charge in [0.1, 0.15) is 11.9 Å². The van der Waals surface area contributed by atoms with E-state index >= 15 is 0 Å². The van der Waals surface area contributed by atoms with Crippen molar-refractivity contribution in [1.82, 2.24) is 0 Å². The summed E-state index contributed by atoms with van der Waals surface area (Å²) in [5.41, 5.74) is 7.67. The summed E-state index contributed by atoms with van der Waals surface area (Å²) in [4.78, 5) is 2.04. The monoisotopic (exact) mass is 360 g/mol. The summed E-state index contributed by atoms with van der Waals surface area (Å²) in [6.07, 6.45) is 5.72. The fraction of sp³-hybridized carbons (Fsp3) is 0.455. The topological polar surface area (TPSA) is 38.5 Å². The number of nitrogens with zero attached hydrogens (tertiary/aromatic N) is 1.